The second-order valence-electron chi connectivity index (χ2n) is 3.70. The summed E-state index contributed by atoms with van der Waals surface area (Å²) < 4.78 is 5.48. The molecule has 0 bridgehead atoms. The first-order chi connectivity index (χ1) is 6.14. The highest BCUT2D eigenvalue weighted by Gasteiger charge is 2.46. The van der Waals surface area contributed by atoms with E-state index >= 15 is 0 Å². The number of ketones is 1. The molecule has 0 aromatic heterocycles. The van der Waals surface area contributed by atoms with E-state index in [1.54, 1.807) is 6.92 Å². The van der Waals surface area contributed by atoms with E-state index in [0.717, 1.165) is 12.1 Å². The molecule has 1 saturated heterocycles. The molecule has 13 heavy (non-hydrogen) atoms. The van der Waals surface area contributed by atoms with Gasteiger partial charge in [-0.1, -0.05) is 5.16 Å². The zero-order valence-electron chi connectivity index (χ0n) is 7.87. The third-order valence-electron chi connectivity index (χ3n) is 2.84. The molecular formula is C9H13NO3. The minimum Gasteiger partial charge on any atom is -0.395 e. The lowest BCUT2D eigenvalue weighted by Crippen LogP contribution is -2.51. The fraction of sp³-hybridized carbons (Fsp3) is 0.778. The predicted octanol–water partition coefficient (Wildman–Crippen LogP) is 0.757. The zero-order chi connectivity index (χ0) is 9.47. The van der Waals surface area contributed by atoms with Gasteiger partial charge in [-0.15, -0.1) is 0 Å². The van der Waals surface area contributed by atoms with Crippen molar-refractivity contribution in [1.82, 2.24) is 0 Å². The molecule has 0 unspecified atom stereocenters. The van der Waals surface area contributed by atoms with Crippen molar-refractivity contribution in [2.24, 2.45) is 11.1 Å². The van der Waals surface area contributed by atoms with Gasteiger partial charge in [0.25, 0.3) is 0 Å². The molecule has 2 heterocycles. The van der Waals surface area contributed by atoms with Gasteiger partial charge in [0.05, 0.1) is 0 Å². The largest absolute Gasteiger partial charge is 0.395 e. The summed E-state index contributed by atoms with van der Waals surface area (Å²) in [6, 6.07) is 0. The normalized spacial score (nSPS) is 37.7. The van der Waals surface area contributed by atoms with Gasteiger partial charge >= 0.3 is 0 Å². The quantitative estimate of drug-likeness (QED) is 0.603. The molecule has 72 valence electrons. The summed E-state index contributed by atoms with van der Waals surface area (Å²) >= 11 is 0. The van der Waals surface area contributed by atoms with Crippen LogP contribution in [0.25, 0.3) is 0 Å². The lowest BCUT2D eigenvalue weighted by molar-refractivity contribution is -0.134. The minimum atomic E-state index is -0.834. The van der Waals surface area contributed by atoms with E-state index < -0.39 is 5.60 Å². The Bertz CT molecular complexity index is 274. The van der Waals surface area contributed by atoms with Crippen molar-refractivity contribution in [2.75, 3.05) is 13.2 Å². The second kappa shape index (κ2) is 2.80. The predicted molar refractivity (Wildman–Crippen MR) is 46.5 cm³/mol. The number of hydrogen-bond acceptors (Lipinski definition) is 4. The Morgan fingerprint density at radius 1 is 1.69 bits per heavy atom. The average Bonchev–Trinajstić information content (AvgIpc) is 2.53. The topological polar surface area (TPSA) is 47.9 Å². The van der Waals surface area contributed by atoms with E-state index in [1.165, 1.54) is 6.92 Å². The molecule has 0 N–H and O–H groups in total. The van der Waals surface area contributed by atoms with Crippen LogP contribution in [0.4, 0.5) is 0 Å². The van der Waals surface area contributed by atoms with Crippen LogP contribution in [-0.2, 0) is 14.4 Å². The van der Waals surface area contributed by atoms with Gasteiger partial charge in [-0.3, -0.25) is 4.79 Å². The van der Waals surface area contributed by atoms with E-state index in [4.69, 9.17) is 9.57 Å². The third kappa shape index (κ3) is 1.16. The van der Waals surface area contributed by atoms with Crippen LogP contribution in [0.15, 0.2) is 5.16 Å². The van der Waals surface area contributed by atoms with Gasteiger partial charge in [-0.2, -0.15) is 0 Å². The number of fused-ring (bicyclic) bond motifs is 1. The van der Waals surface area contributed by atoms with Crippen LogP contribution in [0.5, 0.6) is 0 Å². The lowest BCUT2D eigenvalue weighted by Gasteiger charge is -2.33. The summed E-state index contributed by atoms with van der Waals surface area (Å²) in [7, 11) is 0. The molecule has 0 aliphatic carbocycles. The Labute approximate surface area is 76.9 Å². The molecule has 2 rings (SSSR count). The molecule has 0 amide bonds. The molecule has 4 nitrogen and oxygen atoms in total. The molecule has 0 aromatic rings. The molecule has 2 aliphatic rings. The minimum absolute atomic E-state index is 0.00134. The van der Waals surface area contributed by atoms with Crippen molar-refractivity contribution in [3.63, 3.8) is 0 Å². The first kappa shape index (κ1) is 8.69. The highest BCUT2D eigenvalue weighted by atomic mass is 16.6. The summed E-state index contributed by atoms with van der Waals surface area (Å²) in [5, 5.41) is 3.90. The number of Topliss-reactive ketones (excluding diaryl/α,β-unsaturated/α-hetero) is 1. The number of rotatable bonds is 1. The molecule has 2 aliphatic heterocycles. The van der Waals surface area contributed by atoms with Crippen molar-refractivity contribution in [3.8, 4) is 0 Å². The Morgan fingerprint density at radius 2 is 2.46 bits per heavy atom. The van der Waals surface area contributed by atoms with Gasteiger partial charge in [0, 0.05) is 12.5 Å². The van der Waals surface area contributed by atoms with Gasteiger partial charge < -0.3 is 9.57 Å². The standard InChI is InChI=1S/C9H13NO3/c1-6(11)9(2)8-7(3-4-12-9)5-13-10-8/h7H,3-5H2,1-2H3/t7-,9-/m0/s1. The van der Waals surface area contributed by atoms with E-state index in [2.05, 4.69) is 5.16 Å². The molecule has 0 aromatic carbocycles. The maximum absolute atomic E-state index is 11.4. The number of carbonyl (C=O) groups is 1. The lowest BCUT2D eigenvalue weighted by atomic mass is 9.83. The molecule has 2 atom stereocenters. The van der Waals surface area contributed by atoms with Crippen molar-refractivity contribution in [3.05, 3.63) is 0 Å². The first-order valence-electron chi connectivity index (χ1n) is 4.50. The number of ether oxygens (including phenoxy) is 1. The van der Waals surface area contributed by atoms with Crippen LogP contribution in [0.2, 0.25) is 0 Å². The van der Waals surface area contributed by atoms with Crippen molar-refractivity contribution >= 4 is 11.5 Å². The van der Waals surface area contributed by atoms with Crippen LogP contribution < -0.4 is 0 Å². The average molecular weight is 183 g/mol. The smallest absolute Gasteiger partial charge is 0.167 e. The van der Waals surface area contributed by atoms with Gasteiger partial charge in [-0.25, -0.2) is 0 Å². The van der Waals surface area contributed by atoms with E-state index in [1.807, 2.05) is 0 Å². The van der Waals surface area contributed by atoms with Gasteiger partial charge in [-0.05, 0) is 20.3 Å². The summed E-state index contributed by atoms with van der Waals surface area (Å²) in [5.74, 6) is 0.282. The SMILES string of the molecule is CC(=O)[C@]1(C)OCC[C@H]2CON=C21. The number of hydrogen-bond donors (Lipinski definition) is 0. The number of nitrogens with zero attached hydrogens (tertiary/aromatic N) is 1. The third-order valence-corrected chi connectivity index (χ3v) is 2.84. The van der Waals surface area contributed by atoms with Gasteiger partial charge in [0.1, 0.15) is 12.3 Å². The number of carbonyl (C=O) groups excluding carboxylic acids is 1. The Hall–Kier alpha value is -0.900. The molecule has 0 radical (unpaired) electrons. The molecule has 0 saturated carbocycles. The number of oxime groups is 1. The summed E-state index contributed by atoms with van der Waals surface area (Å²) in [4.78, 5) is 16.4. The van der Waals surface area contributed by atoms with E-state index in [0.29, 0.717) is 13.2 Å². The van der Waals surface area contributed by atoms with Crippen LogP contribution in [-0.4, -0.2) is 30.3 Å². The van der Waals surface area contributed by atoms with Gasteiger partial charge in [0.2, 0.25) is 0 Å². The highest BCUT2D eigenvalue weighted by molar-refractivity contribution is 6.13. The van der Waals surface area contributed by atoms with Crippen LogP contribution in [0.3, 0.4) is 0 Å². The van der Waals surface area contributed by atoms with Crippen molar-refractivity contribution in [2.45, 2.75) is 25.9 Å². The maximum atomic E-state index is 11.4. The molecule has 0 spiro atoms. The summed E-state index contributed by atoms with van der Waals surface area (Å²) in [5.41, 5.74) is -0.0642. The van der Waals surface area contributed by atoms with Crippen molar-refractivity contribution in [1.29, 1.82) is 0 Å². The van der Waals surface area contributed by atoms with Crippen molar-refractivity contribution < 1.29 is 14.4 Å². The fourth-order valence-corrected chi connectivity index (χ4v) is 1.81. The van der Waals surface area contributed by atoms with E-state index in [9.17, 15) is 4.79 Å². The maximum Gasteiger partial charge on any atom is 0.167 e. The Kier molecular flexibility index (Phi) is 1.87. The van der Waals surface area contributed by atoms with Gasteiger partial charge in [0.15, 0.2) is 11.4 Å². The van der Waals surface area contributed by atoms with Crippen LogP contribution in [0.1, 0.15) is 20.3 Å². The van der Waals surface area contributed by atoms with E-state index in [-0.39, 0.29) is 11.7 Å². The molecule has 1 fully saturated rings. The second-order valence-corrected chi connectivity index (χ2v) is 3.70. The van der Waals surface area contributed by atoms with Crippen LogP contribution >= 0.6 is 0 Å². The van der Waals surface area contributed by atoms with Crippen LogP contribution in [0, 0.1) is 5.92 Å². The fourth-order valence-electron chi connectivity index (χ4n) is 1.81. The molecular weight excluding hydrogens is 170 g/mol. The first-order valence-corrected chi connectivity index (χ1v) is 4.50. The molecule has 4 heteroatoms. The zero-order valence-corrected chi connectivity index (χ0v) is 7.87. The summed E-state index contributed by atoms with van der Waals surface area (Å²) in [6.45, 7) is 4.52. The Morgan fingerprint density at radius 3 is 3.15 bits per heavy atom. The highest BCUT2D eigenvalue weighted by Crippen LogP contribution is 2.31. The monoisotopic (exact) mass is 183 g/mol. The summed E-state index contributed by atoms with van der Waals surface area (Å²) in [6.07, 6.45) is 0.904. The Balaban J connectivity index is 2.32.